The summed E-state index contributed by atoms with van der Waals surface area (Å²) >= 11 is 24.0. The van der Waals surface area contributed by atoms with E-state index in [1.165, 1.54) is 0 Å². The largest absolute Gasteiger partial charge is 0.451 e. The van der Waals surface area contributed by atoms with Crippen molar-refractivity contribution < 1.29 is 14.0 Å². The second-order valence-electron chi connectivity index (χ2n) is 8.83. The first-order valence-corrected chi connectivity index (χ1v) is 13.2. The molecular weight excluding hydrogens is 555 g/mol. The van der Waals surface area contributed by atoms with Crippen LogP contribution >= 0.6 is 47.0 Å². The first-order chi connectivity index (χ1) is 17.6. The van der Waals surface area contributed by atoms with Gasteiger partial charge >= 0.3 is 0 Å². The van der Waals surface area contributed by atoms with Gasteiger partial charge in [0.05, 0.1) is 15.7 Å². The number of furan rings is 1. The molecule has 1 fully saturated rings. The molecule has 0 spiro atoms. The average Bonchev–Trinajstić information content (AvgIpc) is 3.34. The van der Waals surface area contributed by atoms with Gasteiger partial charge in [-0.3, -0.25) is 14.9 Å². The summed E-state index contributed by atoms with van der Waals surface area (Å²) in [5, 5.41) is 7.12. The first-order valence-electron chi connectivity index (χ1n) is 11.6. The number of piperazine rings is 1. The summed E-state index contributed by atoms with van der Waals surface area (Å²) in [6.07, 6.45) is 0. The highest BCUT2D eigenvalue weighted by molar-refractivity contribution is 7.80. The summed E-state index contributed by atoms with van der Waals surface area (Å²) in [6.45, 7) is 6.53. The quantitative estimate of drug-likeness (QED) is 0.344. The molecule has 2 N–H and O–H groups in total. The van der Waals surface area contributed by atoms with Crippen LogP contribution in [-0.2, 0) is 4.79 Å². The van der Waals surface area contributed by atoms with Crippen LogP contribution in [0, 0.1) is 5.92 Å². The highest BCUT2D eigenvalue weighted by Crippen LogP contribution is 2.32. The minimum absolute atomic E-state index is 0.0124. The van der Waals surface area contributed by atoms with Crippen LogP contribution in [0.1, 0.15) is 24.4 Å². The summed E-state index contributed by atoms with van der Waals surface area (Å²) in [7, 11) is 0. The number of hydrogen-bond acceptors (Lipinski definition) is 5. The Hall–Kier alpha value is -2.78. The molecule has 7 nitrogen and oxygen atoms in total. The van der Waals surface area contributed by atoms with Crippen LogP contribution in [-0.4, -0.2) is 48.0 Å². The van der Waals surface area contributed by atoms with Gasteiger partial charge in [-0.1, -0.05) is 48.7 Å². The number of amides is 2. The maximum absolute atomic E-state index is 12.6. The van der Waals surface area contributed by atoms with Crippen LogP contribution < -0.4 is 15.5 Å². The summed E-state index contributed by atoms with van der Waals surface area (Å²) < 4.78 is 5.66. The third kappa shape index (κ3) is 6.57. The van der Waals surface area contributed by atoms with Gasteiger partial charge in [0.15, 0.2) is 10.9 Å². The number of benzene rings is 2. The van der Waals surface area contributed by atoms with Crippen molar-refractivity contribution in [3.63, 3.8) is 0 Å². The molecule has 0 bridgehead atoms. The lowest BCUT2D eigenvalue weighted by Gasteiger charge is -2.37. The van der Waals surface area contributed by atoms with Crippen molar-refractivity contribution in [1.29, 1.82) is 0 Å². The van der Waals surface area contributed by atoms with Gasteiger partial charge in [0.1, 0.15) is 5.76 Å². The molecule has 0 unspecified atom stereocenters. The Labute approximate surface area is 235 Å². The SMILES string of the molecule is CC(C)C(=O)N1CCN(c2ccc(NC(=S)NC(=O)c3ccc(-c4ccc(Cl)cc4Cl)o3)cc2Cl)CC1. The Kier molecular flexibility index (Phi) is 8.64. The van der Waals surface area contributed by atoms with E-state index >= 15 is 0 Å². The molecule has 194 valence electrons. The molecule has 0 saturated carbocycles. The van der Waals surface area contributed by atoms with Crippen molar-refractivity contribution in [3.8, 4) is 11.3 Å². The second-order valence-corrected chi connectivity index (χ2v) is 10.5. The molecule has 3 aromatic rings. The van der Waals surface area contributed by atoms with Gasteiger partial charge in [-0.15, -0.1) is 0 Å². The number of nitrogens with one attached hydrogen (secondary N) is 2. The number of carbonyl (C=O) groups is 2. The van der Waals surface area contributed by atoms with Gasteiger partial charge in [0.2, 0.25) is 5.91 Å². The van der Waals surface area contributed by atoms with Gasteiger partial charge < -0.3 is 19.5 Å². The number of anilines is 2. The van der Waals surface area contributed by atoms with Crippen molar-refractivity contribution in [3.05, 3.63) is 69.4 Å². The molecule has 1 aliphatic heterocycles. The topological polar surface area (TPSA) is 77.8 Å². The molecular formula is C26H25Cl3N4O3S. The van der Waals surface area contributed by atoms with Crippen molar-refractivity contribution in [2.75, 3.05) is 36.4 Å². The summed E-state index contributed by atoms with van der Waals surface area (Å²) in [5.74, 6) is 0.156. The molecule has 1 aliphatic rings. The van der Waals surface area contributed by atoms with Gasteiger partial charge in [0, 0.05) is 48.4 Å². The van der Waals surface area contributed by atoms with E-state index in [4.69, 9.17) is 51.4 Å². The third-order valence-corrected chi connectivity index (χ3v) is 6.94. The minimum Gasteiger partial charge on any atom is -0.451 e. The fourth-order valence-electron chi connectivity index (χ4n) is 4.00. The Bertz CT molecular complexity index is 1340. The van der Waals surface area contributed by atoms with E-state index in [1.54, 1.807) is 36.4 Å². The maximum Gasteiger partial charge on any atom is 0.293 e. The van der Waals surface area contributed by atoms with Crippen LogP contribution in [0.3, 0.4) is 0 Å². The Morgan fingerprint density at radius 1 is 0.946 bits per heavy atom. The number of nitrogens with zero attached hydrogens (tertiary/aromatic N) is 2. The second kappa shape index (κ2) is 11.7. The maximum atomic E-state index is 12.6. The van der Waals surface area contributed by atoms with Crippen LogP contribution in [0.25, 0.3) is 11.3 Å². The monoisotopic (exact) mass is 578 g/mol. The van der Waals surface area contributed by atoms with E-state index in [0.717, 1.165) is 5.69 Å². The highest BCUT2D eigenvalue weighted by atomic mass is 35.5. The van der Waals surface area contributed by atoms with Crippen molar-refractivity contribution in [1.82, 2.24) is 10.2 Å². The molecule has 0 aliphatic carbocycles. The standard InChI is InChI=1S/C26H25Cl3N4O3S/c1-15(2)25(35)33-11-9-32(10-12-33)21-6-4-17(14-20(21)29)30-26(37)31-24(34)23-8-7-22(36-23)18-5-3-16(27)13-19(18)28/h3-8,13-15H,9-12H2,1-2H3,(H2,30,31,34,37). The molecule has 0 atom stereocenters. The van der Waals surface area contributed by atoms with Crippen LogP contribution in [0.2, 0.25) is 15.1 Å². The fraction of sp³-hybridized carbons (Fsp3) is 0.269. The van der Waals surface area contributed by atoms with E-state index in [0.29, 0.717) is 58.3 Å². The molecule has 1 aromatic heterocycles. The zero-order valence-corrected chi connectivity index (χ0v) is 23.3. The molecule has 11 heteroatoms. The van der Waals surface area contributed by atoms with Crippen molar-refractivity contribution >= 4 is 75.3 Å². The third-order valence-electron chi connectivity index (χ3n) is 5.88. The van der Waals surface area contributed by atoms with Crippen LogP contribution in [0.15, 0.2) is 52.9 Å². The van der Waals surface area contributed by atoms with Gasteiger partial charge in [-0.05, 0) is 60.7 Å². The fourth-order valence-corrected chi connectivity index (χ4v) is 5.01. The zero-order chi connectivity index (χ0) is 26.7. The first kappa shape index (κ1) is 27.3. The number of thiocarbonyl (C=S) groups is 1. The number of halogens is 3. The zero-order valence-electron chi connectivity index (χ0n) is 20.2. The minimum atomic E-state index is -0.509. The normalized spacial score (nSPS) is 13.6. The van der Waals surface area contributed by atoms with Gasteiger partial charge in [0.25, 0.3) is 5.91 Å². The molecule has 37 heavy (non-hydrogen) atoms. The summed E-state index contributed by atoms with van der Waals surface area (Å²) in [5.41, 5.74) is 2.12. The average molecular weight is 580 g/mol. The lowest BCUT2D eigenvalue weighted by atomic mass is 10.1. The summed E-state index contributed by atoms with van der Waals surface area (Å²) in [6, 6.07) is 13.7. The number of rotatable bonds is 5. The van der Waals surface area contributed by atoms with E-state index in [2.05, 4.69) is 15.5 Å². The Balaban J connectivity index is 1.34. The number of carbonyl (C=O) groups excluding carboxylic acids is 2. The van der Waals surface area contributed by atoms with Crippen molar-refractivity contribution in [2.45, 2.75) is 13.8 Å². The highest BCUT2D eigenvalue weighted by Gasteiger charge is 2.24. The predicted octanol–water partition coefficient (Wildman–Crippen LogP) is 6.34. The van der Waals surface area contributed by atoms with Crippen molar-refractivity contribution in [2.24, 2.45) is 5.92 Å². The lowest BCUT2D eigenvalue weighted by Crippen LogP contribution is -2.50. The Morgan fingerprint density at radius 2 is 1.68 bits per heavy atom. The van der Waals surface area contributed by atoms with Gasteiger partial charge in [-0.2, -0.15) is 0 Å². The summed E-state index contributed by atoms with van der Waals surface area (Å²) in [4.78, 5) is 28.9. The van der Waals surface area contributed by atoms with E-state index < -0.39 is 5.91 Å². The molecule has 1 saturated heterocycles. The number of hydrogen-bond donors (Lipinski definition) is 2. The smallest absolute Gasteiger partial charge is 0.293 e. The molecule has 2 heterocycles. The molecule has 2 aromatic carbocycles. The molecule has 2 amide bonds. The van der Waals surface area contributed by atoms with Crippen LogP contribution in [0.4, 0.5) is 11.4 Å². The van der Waals surface area contributed by atoms with E-state index in [9.17, 15) is 9.59 Å². The molecule has 4 rings (SSSR count). The van der Waals surface area contributed by atoms with E-state index in [-0.39, 0.29) is 22.7 Å². The Morgan fingerprint density at radius 3 is 2.32 bits per heavy atom. The predicted molar refractivity (Wildman–Crippen MR) is 153 cm³/mol. The molecule has 0 radical (unpaired) electrons. The lowest BCUT2D eigenvalue weighted by molar-refractivity contribution is -0.134. The van der Waals surface area contributed by atoms with Gasteiger partial charge in [-0.25, -0.2) is 0 Å². The van der Waals surface area contributed by atoms with Crippen LogP contribution in [0.5, 0.6) is 0 Å². The van der Waals surface area contributed by atoms with E-state index in [1.807, 2.05) is 30.9 Å².